The molecule has 0 aromatic heterocycles. The molecule has 0 bridgehead atoms. The van der Waals surface area contributed by atoms with Crippen molar-refractivity contribution in [3.63, 3.8) is 0 Å². The maximum atomic E-state index is 13.3. The van der Waals surface area contributed by atoms with E-state index in [-0.39, 0.29) is 17.5 Å². The molecule has 0 spiro atoms. The van der Waals surface area contributed by atoms with Crippen molar-refractivity contribution in [2.75, 3.05) is 25.1 Å². The first kappa shape index (κ1) is 23.1. The normalized spacial score (nSPS) is 12.0. The zero-order valence-corrected chi connectivity index (χ0v) is 19.0. The number of amides is 1. The van der Waals surface area contributed by atoms with Crippen molar-refractivity contribution < 1.29 is 22.7 Å². The minimum absolute atomic E-state index is 0.115. The van der Waals surface area contributed by atoms with Gasteiger partial charge in [0.15, 0.2) is 11.5 Å². The Bertz CT molecular complexity index is 1150. The van der Waals surface area contributed by atoms with Crippen molar-refractivity contribution in [3.05, 3.63) is 84.4 Å². The number of nitrogens with one attached hydrogen (secondary N) is 1. The average Bonchev–Trinajstić information content (AvgIpc) is 2.83. The number of carbonyl (C=O) groups excluding carboxylic acids is 1. The minimum Gasteiger partial charge on any atom is -0.493 e. The molecule has 7 nitrogen and oxygen atoms in total. The molecule has 1 N–H and O–H groups in total. The third-order valence-corrected chi connectivity index (χ3v) is 6.74. The van der Waals surface area contributed by atoms with Gasteiger partial charge in [0.1, 0.15) is 6.54 Å². The molecule has 3 aromatic carbocycles. The van der Waals surface area contributed by atoms with Crippen molar-refractivity contribution in [1.82, 2.24) is 5.32 Å². The van der Waals surface area contributed by atoms with Gasteiger partial charge >= 0.3 is 0 Å². The molecule has 0 aliphatic rings. The topological polar surface area (TPSA) is 84.9 Å². The van der Waals surface area contributed by atoms with Crippen LogP contribution in [0.5, 0.6) is 11.5 Å². The highest BCUT2D eigenvalue weighted by Crippen LogP contribution is 2.30. The predicted molar refractivity (Wildman–Crippen MR) is 124 cm³/mol. The first-order valence-corrected chi connectivity index (χ1v) is 11.4. The highest BCUT2D eigenvalue weighted by Gasteiger charge is 2.27. The van der Waals surface area contributed by atoms with Crippen LogP contribution in [0.15, 0.2) is 83.8 Å². The Morgan fingerprint density at radius 1 is 0.906 bits per heavy atom. The van der Waals surface area contributed by atoms with E-state index in [1.807, 2.05) is 13.0 Å². The number of sulfonamides is 1. The van der Waals surface area contributed by atoms with Gasteiger partial charge in [0.2, 0.25) is 5.91 Å². The van der Waals surface area contributed by atoms with Crippen LogP contribution in [0.2, 0.25) is 0 Å². The molecule has 0 heterocycles. The molecular weight excluding hydrogens is 428 g/mol. The molecule has 8 heteroatoms. The number of hydrogen-bond acceptors (Lipinski definition) is 5. The Labute approximate surface area is 188 Å². The second-order valence-corrected chi connectivity index (χ2v) is 8.93. The van der Waals surface area contributed by atoms with E-state index in [0.29, 0.717) is 17.2 Å². The van der Waals surface area contributed by atoms with E-state index in [4.69, 9.17) is 9.47 Å². The molecule has 32 heavy (non-hydrogen) atoms. The molecule has 0 aliphatic heterocycles. The molecular formula is C24H26N2O5S. The monoisotopic (exact) mass is 454 g/mol. The van der Waals surface area contributed by atoms with Gasteiger partial charge in [-0.3, -0.25) is 9.10 Å². The van der Waals surface area contributed by atoms with E-state index in [9.17, 15) is 13.2 Å². The molecule has 0 unspecified atom stereocenters. The van der Waals surface area contributed by atoms with Crippen molar-refractivity contribution in [3.8, 4) is 11.5 Å². The van der Waals surface area contributed by atoms with Crippen molar-refractivity contribution in [1.29, 1.82) is 0 Å². The van der Waals surface area contributed by atoms with Crippen LogP contribution in [0.4, 0.5) is 5.69 Å². The lowest BCUT2D eigenvalue weighted by atomic mass is 10.1. The molecule has 1 amide bonds. The summed E-state index contributed by atoms with van der Waals surface area (Å²) in [6.07, 6.45) is 0. The third-order valence-electron chi connectivity index (χ3n) is 4.95. The fourth-order valence-corrected chi connectivity index (χ4v) is 4.69. The second kappa shape index (κ2) is 10.2. The standard InChI is InChI=1S/C24H26N2O5S/c1-18(19-14-15-22(30-2)23(16-19)31-3)25-24(27)17-26(20-10-6-4-7-11-20)32(28,29)21-12-8-5-9-13-21/h4-16,18H,17H2,1-3H3,(H,25,27)/t18-/m0/s1. The summed E-state index contributed by atoms with van der Waals surface area (Å²) in [4.78, 5) is 13.0. The van der Waals surface area contributed by atoms with E-state index in [2.05, 4.69) is 5.32 Å². The number of carbonyl (C=O) groups is 1. The molecule has 0 aliphatic carbocycles. The smallest absolute Gasteiger partial charge is 0.264 e. The van der Waals surface area contributed by atoms with Gasteiger partial charge < -0.3 is 14.8 Å². The Hall–Kier alpha value is -3.52. The van der Waals surface area contributed by atoms with Crippen LogP contribution in [0.3, 0.4) is 0 Å². The number of benzene rings is 3. The van der Waals surface area contributed by atoms with E-state index in [0.717, 1.165) is 9.87 Å². The van der Waals surface area contributed by atoms with Gasteiger partial charge in [0.25, 0.3) is 10.0 Å². The summed E-state index contributed by atoms with van der Waals surface area (Å²) >= 11 is 0. The van der Waals surface area contributed by atoms with E-state index in [1.54, 1.807) is 67.8 Å². The number of para-hydroxylation sites is 1. The Kier molecular flexibility index (Phi) is 7.37. The molecule has 0 saturated carbocycles. The van der Waals surface area contributed by atoms with Gasteiger partial charge in [0, 0.05) is 0 Å². The number of anilines is 1. The molecule has 1 atom stereocenters. The molecule has 168 valence electrons. The third kappa shape index (κ3) is 5.20. The summed E-state index contributed by atoms with van der Waals surface area (Å²) in [6.45, 7) is 1.45. The van der Waals surface area contributed by atoms with E-state index in [1.165, 1.54) is 19.2 Å². The molecule has 3 aromatic rings. The van der Waals surface area contributed by atoms with Crippen LogP contribution in [0.25, 0.3) is 0 Å². The van der Waals surface area contributed by atoms with Crippen LogP contribution in [0, 0.1) is 0 Å². The molecule has 3 rings (SSSR count). The Morgan fingerprint density at radius 3 is 2.09 bits per heavy atom. The lowest BCUT2D eigenvalue weighted by Crippen LogP contribution is -2.41. The predicted octanol–water partition coefficient (Wildman–Crippen LogP) is 3.78. The highest BCUT2D eigenvalue weighted by molar-refractivity contribution is 7.92. The van der Waals surface area contributed by atoms with Crippen LogP contribution in [0.1, 0.15) is 18.5 Å². The van der Waals surface area contributed by atoms with E-state index < -0.39 is 15.9 Å². The van der Waals surface area contributed by atoms with Crippen LogP contribution in [-0.2, 0) is 14.8 Å². The van der Waals surface area contributed by atoms with Crippen molar-refractivity contribution in [2.45, 2.75) is 17.9 Å². The maximum absolute atomic E-state index is 13.3. The Balaban J connectivity index is 1.83. The lowest BCUT2D eigenvalue weighted by Gasteiger charge is -2.25. The van der Waals surface area contributed by atoms with E-state index >= 15 is 0 Å². The van der Waals surface area contributed by atoms with Gasteiger partial charge in [0.05, 0.1) is 30.8 Å². The summed E-state index contributed by atoms with van der Waals surface area (Å²) in [7, 11) is -0.845. The summed E-state index contributed by atoms with van der Waals surface area (Å²) in [5.74, 6) is 0.693. The number of ether oxygens (including phenoxy) is 2. The lowest BCUT2D eigenvalue weighted by molar-refractivity contribution is -0.120. The van der Waals surface area contributed by atoms with Crippen molar-refractivity contribution in [2.24, 2.45) is 0 Å². The SMILES string of the molecule is COc1ccc([C@H](C)NC(=O)CN(c2ccccc2)S(=O)(=O)c2ccccc2)cc1OC. The zero-order valence-electron chi connectivity index (χ0n) is 18.2. The van der Waals surface area contributed by atoms with Gasteiger partial charge in [-0.05, 0) is 48.9 Å². The Morgan fingerprint density at radius 2 is 1.50 bits per heavy atom. The molecule has 0 saturated heterocycles. The largest absolute Gasteiger partial charge is 0.493 e. The summed E-state index contributed by atoms with van der Waals surface area (Å²) < 4.78 is 38.3. The molecule has 0 fully saturated rings. The quantitative estimate of drug-likeness (QED) is 0.532. The number of rotatable bonds is 9. The minimum atomic E-state index is -3.93. The maximum Gasteiger partial charge on any atom is 0.264 e. The van der Waals surface area contributed by atoms with Crippen LogP contribution >= 0.6 is 0 Å². The van der Waals surface area contributed by atoms with Crippen LogP contribution < -0.4 is 19.1 Å². The average molecular weight is 455 g/mol. The highest BCUT2D eigenvalue weighted by atomic mass is 32.2. The van der Waals surface area contributed by atoms with Gasteiger partial charge in [-0.15, -0.1) is 0 Å². The molecule has 0 radical (unpaired) electrons. The van der Waals surface area contributed by atoms with Gasteiger partial charge in [-0.25, -0.2) is 8.42 Å². The van der Waals surface area contributed by atoms with Crippen molar-refractivity contribution >= 4 is 21.6 Å². The van der Waals surface area contributed by atoms with Crippen LogP contribution in [-0.4, -0.2) is 35.1 Å². The number of methoxy groups -OCH3 is 2. The van der Waals surface area contributed by atoms with Gasteiger partial charge in [-0.1, -0.05) is 42.5 Å². The zero-order chi connectivity index (χ0) is 23.1. The first-order valence-electron chi connectivity index (χ1n) is 10.0. The number of nitrogens with zero attached hydrogens (tertiary/aromatic N) is 1. The fourth-order valence-electron chi connectivity index (χ4n) is 3.25. The first-order chi connectivity index (χ1) is 15.4. The number of hydrogen-bond donors (Lipinski definition) is 1. The van der Waals surface area contributed by atoms with Gasteiger partial charge in [-0.2, -0.15) is 0 Å². The summed E-state index contributed by atoms with van der Waals surface area (Å²) in [5.41, 5.74) is 1.21. The fraction of sp³-hybridized carbons (Fsp3) is 0.208. The summed E-state index contributed by atoms with van der Waals surface area (Å²) in [5, 5.41) is 2.87. The second-order valence-electron chi connectivity index (χ2n) is 7.06. The summed E-state index contributed by atoms with van der Waals surface area (Å²) in [6, 6.07) is 21.6.